The second-order valence-electron chi connectivity index (χ2n) is 6.83. The predicted octanol–water partition coefficient (Wildman–Crippen LogP) is 2.74. The van der Waals surface area contributed by atoms with Crippen LogP contribution in [0, 0.1) is 12.8 Å². The van der Waals surface area contributed by atoms with Crippen LogP contribution in [-0.4, -0.2) is 62.1 Å². The van der Waals surface area contributed by atoms with Crippen LogP contribution >= 0.6 is 0 Å². The zero-order valence-electron chi connectivity index (χ0n) is 15.5. The van der Waals surface area contributed by atoms with Gasteiger partial charge in [0.15, 0.2) is 0 Å². The molecule has 0 radical (unpaired) electrons. The number of amides is 1. The maximum atomic E-state index is 12.0. The molecular weight excluding hydrogens is 300 g/mol. The molecule has 1 amide bonds. The Balaban J connectivity index is 1.73. The summed E-state index contributed by atoms with van der Waals surface area (Å²) in [5, 5.41) is 0. The van der Waals surface area contributed by atoms with Crippen molar-refractivity contribution in [3.63, 3.8) is 0 Å². The number of ether oxygens (including phenoxy) is 1. The van der Waals surface area contributed by atoms with Gasteiger partial charge in [0.1, 0.15) is 6.61 Å². The van der Waals surface area contributed by atoms with Crippen LogP contribution in [0.5, 0.6) is 0 Å². The van der Waals surface area contributed by atoms with Crippen molar-refractivity contribution in [3.05, 3.63) is 35.4 Å². The minimum atomic E-state index is 0.113. The quantitative estimate of drug-likeness (QED) is 0.734. The molecular formula is C20H32N2O2. The minimum Gasteiger partial charge on any atom is -0.375 e. The molecule has 24 heavy (non-hydrogen) atoms. The number of hydrogen-bond acceptors (Lipinski definition) is 3. The van der Waals surface area contributed by atoms with Gasteiger partial charge in [-0.25, -0.2) is 0 Å². The summed E-state index contributed by atoms with van der Waals surface area (Å²) in [6.45, 7) is 9.52. The standard InChI is InChI=1S/C20H32N2O2/c1-4-22(20(23)16-24-3)15-18-9-12-21(13-10-18)14-11-19-8-6-5-7-17(19)2/h5-8,18H,4,9-16H2,1-3H3. The van der Waals surface area contributed by atoms with E-state index in [-0.39, 0.29) is 12.5 Å². The number of rotatable bonds is 8. The van der Waals surface area contributed by atoms with E-state index in [2.05, 4.69) is 36.1 Å². The SMILES string of the molecule is CCN(CC1CCN(CCc2ccccc2C)CC1)C(=O)COC. The Morgan fingerprint density at radius 3 is 2.62 bits per heavy atom. The Kier molecular flexibility index (Phi) is 7.73. The number of likely N-dealkylation sites (tertiary alicyclic amines) is 1. The van der Waals surface area contributed by atoms with Crippen LogP contribution in [0.25, 0.3) is 0 Å². The first-order valence-corrected chi connectivity index (χ1v) is 9.17. The fraction of sp³-hybridized carbons (Fsp3) is 0.650. The fourth-order valence-electron chi connectivity index (χ4n) is 3.50. The van der Waals surface area contributed by atoms with Gasteiger partial charge in [-0.15, -0.1) is 0 Å². The van der Waals surface area contributed by atoms with Gasteiger partial charge in [0, 0.05) is 26.7 Å². The number of likely N-dealkylation sites (N-methyl/N-ethyl adjacent to an activating group) is 1. The molecule has 4 heteroatoms. The van der Waals surface area contributed by atoms with E-state index < -0.39 is 0 Å². The molecule has 1 aliphatic rings. The van der Waals surface area contributed by atoms with Crippen molar-refractivity contribution >= 4 is 5.91 Å². The van der Waals surface area contributed by atoms with E-state index in [4.69, 9.17) is 4.74 Å². The van der Waals surface area contributed by atoms with Crippen molar-refractivity contribution in [2.45, 2.75) is 33.1 Å². The van der Waals surface area contributed by atoms with E-state index in [1.54, 1.807) is 7.11 Å². The van der Waals surface area contributed by atoms with Crippen molar-refractivity contribution in [2.24, 2.45) is 5.92 Å². The van der Waals surface area contributed by atoms with Crippen LogP contribution in [0.1, 0.15) is 30.9 Å². The van der Waals surface area contributed by atoms with E-state index in [0.29, 0.717) is 5.92 Å². The highest BCUT2D eigenvalue weighted by molar-refractivity contribution is 5.77. The highest BCUT2D eigenvalue weighted by atomic mass is 16.5. The van der Waals surface area contributed by atoms with Crippen LogP contribution in [0.4, 0.5) is 0 Å². The maximum Gasteiger partial charge on any atom is 0.248 e. The van der Waals surface area contributed by atoms with Gasteiger partial charge in [0.05, 0.1) is 0 Å². The molecule has 0 spiro atoms. The summed E-state index contributed by atoms with van der Waals surface area (Å²) in [5.74, 6) is 0.738. The Morgan fingerprint density at radius 1 is 1.29 bits per heavy atom. The molecule has 134 valence electrons. The van der Waals surface area contributed by atoms with Gasteiger partial charge < -0.3 is 14.5 Å². The second kappa shape index (κ2) is 9.80. The Labute approximate surface area is 146 Å². The average Bonchev–Trinajstić information content (AvgIpc) is 2.60. The maximum absolute atomic E-state index is 12.0. The third kappa shape index (κ3) is 5.60. The zero-order valence-corrected chi connectivity index (χ0v) is 15.5. The highest BCUT2D eigenvalue weighted by Crippen LogP contribution is 2.19. The number of carbonyl (C=O) groups is 1. The van der Waals surface area contributed by atoms with E-state index in [1.807, 2.05) is 11.8 Å². The smallest absolute Gasteiger partial charge is 0.248 e. The topological polar surface area (TPSA) is 32.8 Å². The summed E-state index contributed by atoms with van der Waals surface area (Å²) >= 11 is 0. The number of methoxy groups -OCH3 is 1. The first kappa shape index (κ1) is 18.9. The summed E-state index contributed by atoms with van der Waals surface area (Å²) < 4.78 is 4.98. The fourth-order valence-corrected chi connectivity index (χ4v) is 3.50. The van der Waals surface area contributed by atoms with Crippen molar-refractivity contribution in [1.29, 1.82) is 0 Å². The van der Waals surface area contributed by atoms with Crippen molar-refractivity contribution < 1.29 is 9.53 Å². The summed E-state index contributed by atoms with van der Waals surface area (Å²) in [4.78, 5) is 16.5. The first-order chi connectivity index (χ1) is 11.6. The average molecular weight is 332 g/mol. The number of benzene rings is 1. The summed E-state index contributed by atoms with van der Waals surface area (Å²) in [5.41, 5.74) is 2.85. The third-order valence-corrected chi connectivity index (χ3v) is 5.15. The molecule has 1 aromatic carbocycles. The van der Waals surface area contributed by atoms with Crippen LogP contribution < -0.4 is 0 Å². The molecule has 1 heterocycles. The van der Waals surface area contributed by atoms with Crippen molar-refractivity contribution in [2.75, 3.05) is 46.4 Å². The number of aryl methyl sites for hydroxylation is 1. The van der Waals surface area contributed by atoms with Crippen LogP contribution in [-0.2, 0) is 16.0 Å². The molecule has 0 bridgehead atoms. The summed E-state index contributed by atoms with van der Waals surface area (Å²) in [6, 6.07) is 8.67. The number of nitrogens with zero attached hydrogens (tertiary/aromatic N) is 2. The van der Waals surface area contributed by atoms with Crippen molar-refractivity contribution in [1.82, 2.24) is 9.80 Å². The molecule has 0 N–H and O–H groups in total. The molecule has 1 saturated heterocycles. The Hall–Kier alpha value is -1.39. The van der Waals surface area contributed by atoms with Gasteiger partial charge in [0.2, 0.25) is 5.91 Å². The molecule has 2 rings (SSSR count). The Bertz CT molecular complexity index is 510. The molecule has 0 atom stereocenters. The van der Waals surface area contributed by atoms with E-state index >= 15 is 0 Å². The van der Waals surface area contributed by atoms with Crippen molar-refractivity contribution in [3.8, 4) is 0 Å². The number of carbonyl (C=O) groups excluding carboxylic acids is 1. The molecule has 0 aliphatic carbocycles. The van der Waals surface area contributed by atoms with Crippen LogP contribution in [0.3, 0.4) is 0 Å². The van der Waals surface area contributed by atoms with Gasteiger partial charge in [0.25, 0.3) is 0 Å². The van der Waals surface area contributed by atoms with Gasteiger partial charge in [-0.2, -0.15) is 0 Å². The lowest BCUT2D eigenvalue weighted by atomic mass is 9.95. The van der Waals surface area contributed by atoms with E-state index in [1.165, 1.54) is 24.0 Å². The van der Waals surface area contributed by atoms with Gasteiger partial charge in [-0.05, 0) is 63.2 Å². The third-order valence-electron chi connectivity index (χ3n) is 5.15. The second-order valence-corrected chi connectivity index (χ2v) is 6.83. The zero-order chi connectivity index (χ0) is 17.4. The van der Waals surface area contributed by atoms with Gasteiger partial charge in [-0.1, -0.05) is 24.3 Å². The molecule has 1 fully saturated rings. The van der Waals surface area contributed by atoms with E-state index in [9.17, 15) is 4.79 Å². The Morgan fingerprint density at radius 2 is 2.00 bits per heavy atom. The number of hydrogen-bond donors (Lipinski definition) is 0. The molecule has 4 nitrogen and oxygen atoms in total. The van der Waals surface area contributed by atoms with Crippen LogP contribution in [0.2, 0.25) is 0 Å². The molecule has 1 aliphatic heterocycles. The monoisotopic (exact) mass is 332 g/mol. The van der Waals surface area contributed by atoms with E-state index in [0.717, 1.165) is 39.1 Å². The lowest BCUT2D eigenvalue weighted by molar-refractivity contribution is -0.135. The summed E-state index contributed by atoms with van der Waals surface area (Å²) in [7, 11) is 1.58. The highest BCUT2D eigenvalue weighted by Gasteiger charge is 2.22. The largest absolute Gasteiger partial charge is 0.375 e. The molecule has 1 aromatic rings. The van der Waals surface area contributed by atoms with Crippen LogP contribution in [0.15, 0.2) is 24.3 Å². The number of piperidine rings is 1. The minimum absolute atomic E-state index is 0.113. The predicted molar refractivity (Wildman–Crippen MR) is 98.2 cm³/mol. The normalized spacial score (nSPS) is 16.3. The first-order valence-electron chi connectivity index (χ1n) is 9.17. The molecule has 0 aromatic heterocycles. The van der Waals surface area contributed by atoms with Gasteiger partial charge in [-0.3, -0.25) is 4.79 Å². The molecule has 0 saturated carbocycles. The lowest BCUT2D eigenvalue weighted by Gasteiger charge is -2.34. The lowest BCUT2D eigenvalue weighted by Crippen LogP contribution is -2.42. The van der Waals surface area contributed by atoms with Gasteiger partial charge >= 0.3 is 0 Å². The molecule has 0 unspecified atom stereocenters. The summed E-state index contributed by atoms with van der Waals surface area (Å²) in [6.07, 6.45) is 3.50.